The number of rotatable bonds is 10. The lowest BCUT2D eigenvalue weighted by molar-refractivity contribution is -0.114. The van der Waals surface area contributed by atoms with Crippen LogP contribution < -0.4 is 15.4 Å². The molecule has 2 aromatic carbocycles. The molecule has 202 valence electrons. The SMILES string of the molecule is COCCOc1cc2ncnc(Nc3ccc(F)c(Cl)c3)c2cc1NC(=O)C(F)=CCN1CCN(C)CC1. The van der Waals surface area contributed by atoms with Crippen LogP contribution in [0, 0.1) is 5.82 Å². The Labute approximate surface area is 224 Å². The molecule has 2 N–H and O–H groups in total. The van der Waals surface area contributed by atoms with E-state index in [0.717, 1.165) is 26.2 Å². The van der Waals surface area contributed by atoms with Crippen LogP contribution in [0.5, 0.6) is 5.75 Å². The topological polar surface area (TPSA) is 91.8 Å². The van der Waals surface area contributed by atoms with Gasteiger partial charge < -0.3 is 25.0 Å². The van der Waals surface area contributed by atoms with Gasteiger partial charge in [-0.15, -0.1) is 0 Å². The van der Waals surface area contributed by atoms with Crippen molar-refractivity contribution in [2.75, 3.05) is 70.7 Å². The first-order valence-corrected chi connectivity index (χ1v) is 12.4. The molecule has 9 nitrogen and oxygen atoms in total. The van der Waals surface area contributed by atoms with E-state index in [2.05, 4.69) is 30.4 Å². The summed E-state index contributed by atoms with van der Waals surface area (Å²) in [6, 6.07) is 7.39. The number of hydrogen-bond donors (Lipinski definition) is 2. The Morgan fingerprint density at radius 2 is 1.95 bits per heavy atom. The van der Waals surface area contributed by atoms with E-state index in [1.165, 1.54) is 30.6 Å². The van der Waals surface area contributed by atoms with Crippen molar-refractivity contribution in [2.24, 2.45) is 0 Å². The number of carbonyl (C=O) groups excluding carboxylic acids is 1. The number of carbonyl (C=O) groups is 1. The van der Waals surface area contributed by atoms with Gasteiger partial charge in [-0.3, -0.25) is 9.69 Å². The van der Waals surface area contributed by atoms with E-state index < -0.39 is 17.6 Å². The van der Waals surface area contributed by atoms with Crippen molar-refractivity contribution in [3.05, 3.63) is 59.4 Å². The molecular weight excluding hydrogens is 518 g/mol. The van der Waals surface area contributed by atoms with Crippen molar-refractivity contribution in [3.8, 4) is 5.75 Å². The summed E-state index contributed by atoms with van der Waals surface area (Å²) in [5.74, 6) is -1.66. The lowest BCUT2D eigenvalue weighted by Crippen LogP contribution is -2.44. The molecule has 0 aliphatic carbocycles. The molecule has 1 aliphatic rings. The van der Waals surface area contributed by atoms with Crippen LogP contribution >= 0.6 is 11.6 Å². The van der Waals surface area contributed by atoms with Crippen LogP contribution in [0.2, 0.25) is 5.02 Å². The molecule has 3 aromatic rings. The maximum atomic E-state index is 14.8. The highest BCUT2D eigenvalue weighted by Gasteiger charge is 2.18. The number of hydrogen-bond acceptors (Lipinski definition) is 8. The quantitative estimate of drug-likeness (QED) is 0.288. The normalized spacial score (nSPS) is 15.0. The van der Waals surface area contributed by atoms with Crippen molar-refractivity contribution in [2.45, 2.75) is 0 Å². The summed E-state index contributed by atoms with van der Waals surface area (Å²) in [6.07, 6.45) is 2.63. The van der Waals surface area contributed by atoms with E-state index in [4.69, 9.17) is 21.1 Å². The number of piperazine rings is 1. The van der Waals surface area contributed by atoms with Crippen molar-refractivity contribution in [1.29, 1.82) is 0 Å². The van der Waals surface area contributed by atoms with Crippen molar-refractivity contribution >= 4 is 45.6 Å². The first kappa shape index (κ1) is 27.6. The number of nitrogens with zero attached hydrogens (tertiary/aromatic N) is 4. The summed E-state index contributed by atoms with van der Waals surface area (Å²) in [5.41, 5.74) is 1.24. The van der Waals surface area contributed by atoms with Gasteiger partial charge in [-0.25, -0.2) is 18.7 Å². The summed E-state index contributed by atoms with van der Waals surface area (Å²) in [6.45, 7) is 4.25. The second kappa shape index (κ2) is 12.9. The van der Waals surface area contributed by atoms with E-state index in [-0.39, 0.29) is 17.3 Å². The molecule has 1 fully saturated rings. The lowest BCUT2D eigenvalue weighted by atomic mass is 10.1. The van der Waals surface area contributed by atoms with Crippen molar-refractivity contribution < 1.29 is 23.0 Å². The number of likely N-dealkylation sites (N-methyl/N-ethyl adjacent to an activating group) is 1. The molecule has 0 unspecified atom stereocenters. The molecule has 38 heavy (non-hydrogen) atoms. The second-order valence-corrected chi connectivity index (χ2v) is 9.20. The molecule has 0 saturated carbocycles. The van der Waals surface area contributed by atoms with E-state index in [9.17, 15) is 13.6 Å². The number of methoxy groups -OCH3 is 1. The molecule has 1 amide bonds. The van der Waals surface area contributed by atoms with Crippen LogP contribution in [0.25, 0.3) is 10.9 Å². The maximum absolute atomic E-state index is 14.8. The summed E-state index contributed by atoms with van der Waals surface area (Å²) < 4.78 is 39.2. The number of aromatic nitrogens is 2. The molecule has 0 atom stereocenters. The minimum atomic E-state index is -0.897. The van der Waals surface area contributed by atoms with Crippen LogP contribution in [0.1, 0.15) is 0 Å². The Morgan fingerprint density at radius 3 is 2.68 bits per heavy atom. The molecule has 0 spiro atoms. The van der Waals surface area contributed by atoms with Crippen LogP contribution in [-0.4, -0.2) is 85.8 Å². The Bertz CT molecular complexity index is 1320. The van der Waals surface area contributed by atoms with E-state index >= 15 is 0 Å². The molecular formula is C26H29ClF2N6O3. The van der Waals surface area contributed by atoms with Crippen LogP contribution in [0.15, 0.2) is 48.6 Å². The summed E-state index contributed by atoms with van der Waals surface area (Å²) in [7, 11) is 3.58. The van der Waals surface area contributed by atoms with Gasteiger partial charge in [0, 0.05) is 57.0 Å². The van der Waals surface area contributed by atoms with Gasteiger partial charge >= 0.3 is 0 Å². The van der Waals surface area contributed by atoms with Gasteiger partial charge in [0.1, 0.15) is 30.3 Å². The van der Waals surface area contributed by atoms with Crippen LogP contribution in [-0.2, 0) is 9.53 Å². The van der Waals surface area contributed by atoms with Gasteiger partial charge in [-0.1, -0.05) is 11.6 Å². The first-order valence-electron chi connectivity index (χ1n) is 12.0. The number of amides is 1. The van der Waals surface area contributed by atoms with Crippen LogP contribution in [0.3, 0.4) is 0 Å². The number of anilines is 3. The predicted molar refractivity (Wildman–Crippen MR) is 143 cm³/mol. The third-order valence-electron chi connectivity index (χ3n) is 6.05. The smallest absolute Gasteiger partial charge is 0.284 e. The molecule has 0 radical (unpaired) electrons. The van der Waals surface area contributed by atoms with Gasteiger partial charge in [0.15, 0.2) is 5.83 Å². The molecule has 0 bridgehead atoms. The number of nitrogens with one attached hydrogen (secondary N) is 2. The van der Waals surface area contributed by atoms with Gasteiger partial charge in [0.05, 0.1) is 22.8 Å². The highest BCUT2D eigenvalue weighted by atomic mass is 35.5. The Morgan fingerprint density at radius 1 is 1.16 bits per heavy atom. The fourth-order valence-electron chi connectivity index (χ4n) is 3.86. The molecule has 2 heterocycles. The first-order chi connectivity index (χ1) is 18.3. The Kier molecular flexibility index (Phi) is 9.40. The van der Waals surface area contributed by atoms with Gasteiger partial charge in [-0.2, -0.15) is 0 Å². The van der Waals surface area contributed by atoms with E-state index in [1.807, 2.05) is 7.05 Å². The van der Waals surface area contributed by atoms with E-state index in [1.54, 1.807) is 19.2 Å². The van der Waals surface area contributed by atoms with Gasteiger partial charge in [0.2, 0.25) is 0 Å². The Hall–Kier alpha value is -3.38. The third-order valence-corrected chi connectivity index (χ3v) is 6.34. The van der Waals surface area contributed by atoms with Gasteiger partial charge in [0.25, 0.3) is 5.91 Å². The highest BCUT2D eigenvalue weighted by Crippen LogP contribution is 2.34. The zero-order chi connectivity index (χ0) is 27.1. The molecule has 1 saturated heterocycles. The summed E-state index contributed by atoms with van der Waals surface area (Å²) in [5, 5.41) is 6.15. The largest absolute Gasteiger partial charge is 0.489 e. The maximum Gasteiger partial charge on any atom is 0.284 e. The number of ether oxygens (including phenoxy) is 2. The zero-order valence-electron chi connectivity index (χ0n) is 21.1. The predicted octanol–water partition coefficient (Wildman–Crippen LogP) is 4.23. The standard InChI is InChI=1S/C26H29ClF2N6O3/c1-34-7-9-35(10-8-34)6-5-21(29)26(36)33-23-14-18-22(15-24(23)38-12-11-37-2)30-16-31-25(18)32-17-3-4-20(28)19(27)13-17/h3-5,13-16H,6-12H2,1-2H3,(H,33,36)(H,30,31,32). The Balaban J connectivity index is 1.59. The third kappa shape index (κ3) is 7.13. The fraction of sp³-hybridized carbons (Fsp3) is 0.346. The number of fused-ring (bicyclic) bond motifs is 1. The fourth-order valence-corrected chi connectivity index (χ4v) is 4.04. The van der Waals surface area contributed by atoms with Gasteiger partial charge in [-0.05, 0) is 37.4 Å². The number of halogens is 3. The minimum absolute atomic E-state index is 0.0472. The second-order valence-electron chi connectivity index (χ2n) is 8.79. The average molecular weight is 547 g/mol. The lowest BCUT2D eigenvalue weighted by Gasteiger charge is -2.31. The number of benzene rings is 2. The summed E-state index contributed by atoms with van der Waals surface area (Å²) in [4.78, 5) is 25.6. The average Bonchev–Trinajstić information content (AvgIpc) is 2.91. The van der Waals surface area contributed by atoms with E-state index in [0.29, 0.717) is 41.3 Å². The molecule has 1 aliphatic heterocycles. The van der Waals surface area contributed by atoms with Crippen molar-refractivity contribution in [3.63, 3.8) is 0 Å². The monoisotopic (exact) mass is 546 g/mol. The minimum Gasteiger partial charge on any atom is -0.489 e. The zero-order valence-corrected chi connectivity index (χ0v) is 21.9. The highest BCUT2D eigenvalue weighted by molar-refractivity contribution is 6.31. The molecule has 1 aromatic heterocycles. The molecule has 12 heteroatoms. The molecule has 4 rings (SSSR count). The summed E-state index contributed by atoms with van der Waals surface area (Å²) >= 11 is 5.91. The van der Waals surface area contributed by atoms with Crippen LogP contribution in [0.4, 0.5) is 26.0 Å². The van der Waals surface area contributed by atoms with Crippen molar-refractivity contribution in [1.82, 2.24) is 19.8 Å².